The number of ether oxygens (including phenoxy) is 1. The van der Waals surface area contributed by atoms with Gasteiger partial charge in [0.25, 0.3) is 5.56 Å². The van der Waals surface area contributed by atoms with Crippen molar-refractivity contribution in [1.82, 2.24) is 19.4 Å². The van der Waals surface area contributed by atoms with Gasteiger partial charge in [0, 0.05) is 29.7 Å². The van der Waals surface area contributed by atoms with Gasteiger partial charge in [-0.05, 0) is 51.3 Å². The normalized spacial score (nSPS) is 16.2. The molecule has 0 bridgehead atoms. The molecule has 9 heteroatoms. The average Bonchev–Trinajstić information content (AvgIpc) is 3.25. The summed E-state index contributed by atoms with van der Waals surface area (Å²) < 4.78 is 8.05. The number of likely N-dealkylation sites (tertiary alicyclic amines) is 1. The molecule has 1 amide bonds. The van der Waals surface area contributed by atoms with E-state index in [9.17, 15) is 9.59 Å². The first-order valence-corrected chi connectivity index (χ1v) is 13.8. The van der Waals surface area contributed by atoms with Crippen LogP contribution < -0.4 is 10.3 Å². The fourth-order valence-electron chi connectivity index (χ4n) is 4.57. The monoisotopic (exact) mass is 508 g/mol. The van der Waals surface area contributed by atoms with E-state index in [4.69, 9.17) is 9.72 Å². The quantitative estimate of drug-likeness (QED) is 0.260. The van der Waals surface area contributed by atoms with E-state index in [-0.39, 0.29) is 23.3 Å². The number of para-hydroxylation sites is 1. The summed E-state index contributed by atoms with van der Waals surface area (Å²) in [5, 5.41) is 1.40. The number of aromatic nitrogens is 3. The number of thioether (sulfide) groups is 1. The van der Waals surface area contributed by atoms with Crippen molar-refractivity contribution < 1.29 is 9.53 Å². The van der Waals surface area contributed by atoms with Crippen molar-refractivity contribution in [2.75, 3.05) is 18.9 Å². The number of amides is 1. The number of piperidine rings is 1. The van der Waals surface area contributed by atoms with E-state index >= 15 is 0 Å². The van der Waals surface area contributed by atoms with Gasteiger partial charge in [0.1, 0.15) is 15.3 Å². The standard InChI is InChI=1S/C26H28N4O3S2/c1-3-33-20-12-5-4-10-18(20)15-30-25(32)23-22(19-11-8-13-27-24(19)35-23)28-26(30)34-16-21(31)29-14-7-6-9-17(29)2/h4-5,8,10-13,17H,3,6-7,9,14-16H2,1-2H3. The molecule has 1 aliphatic heterocycles. The van der Waals surface area contributed by atoms with E-state index in [0.717, 1.165) is 47.3 Å². The minimum atomic E-state index is -0.120. The second kappa shape index (κ2) is 10.4. The van der Waals surface area contributed by atoms with Gasteiger partial charge in [0.15, 0.2) is 5.16 Å². The Kier molecular flexibility index (Phi) is 7.06. The molecule has 4 heterocycles. The summed E-state index contributed by atoms with van der Waals surface area (Å²) in [6.07, 6.45) is 4.96. The van der Waals surface area contributed by atoms with Crippen LogP contribution in [0.4, 0.5) is 0 Å². The minimum absolute atomic E-state index is 0.0923. The van der Waals surface area contributed by atoms with Gasteiger partial charge in [-0.15, -0.1) is 11.3 Å². The zero-order valence-electron chi connectivity index (χ0n) is 19.9. The summed E-state index contributed by atoms with van der Waals surface area (Å²) in [6, 6.07) is 11.8. The zero-order chi connectivity index (χ0) is 24.4. The van der Waals surface area contributed by atoms with Gasteiger partial charge < -0.3 is 9.64 Å². The third kappa shape index (κ3) is 4.79. The van der Waals surface area contributed by atoms with Crippen LogP contribution in [0.15, 0.2) is 52.5 Å². The highest BCUT2D eigenvalue weighted by molar-refractivity contribution is 7.99. The lowest BCUT2D eigenvalue weighted by molar-refractivity contribution is -0.131. The van der Waals surface area contributed by atoms with Crippen molar-refractivity contribution in [3.63, 3.8) is 0 Å². The second-order valence-electron chi connectivity index (χ2n) is 8.68. The summed E-state index contributed by atoms with van der Waals surface area (Å²) >= 11 is 2.70. The zero-order valence-corrected chi connectivity index (χ0v) is 21.5. The maximum Gasteiger partial charge on any atom is 0.272 e. The molecular weight excluding hydrogens is 480 g/mol. The predicted molar refractivity (Wildman–Crippen MR) is 142 cm³/mol. The number of benzene rings is 1. The van der Waals surface area contributed by atoms with Crippen LogP contribution in [0.25, 0.3) is 20.4 Å². The van der Waals surface area contributed by atoms with Gasteiger partial charge in [0.2, 0.25) is 5.91 Å². The topological polar surface area (TPSA) is 77.3 Å². The van der Waals surface area contributed by atoms with Crippen LogP contribution in [0.5, 0.6) is 5.75 Å². The Bertz CT molecular complexity index is 1430. The number of carbonyl (C=O) groups excluding carboxylic acids is 1. The van der Waals surface area contributed by atoms with Gasteiger partial charge in [-0.2, -0.15) is 0 Å². The smallest absolute Gasteiger partial charge is 0.272 e. The molecule has 4 aromatic rings. The molecule has 1 aromatic carbocycles. The van der Waals surface area contributed by atoms with E-state index in [1.165, 1.54) is 23.1 Å². The number of nitrogens with zero attached hydrogens (tertiary/aromatic N) is 4. The van der Waals surface area contributed by atoms with Crippen LogP contribution in [0.1, 0.15) is 38.7 Å². The fourth-order valence-corrected chi connectivity index (χ4v) is 6.48. The molecule has 1 saturated heterocycles. The van der Waals surface area contributed by atoms with Crippen LogP contribution in [0.2, 0.25) is 0 Å². The highest BCUT2D eigenvalue weighted by atomic mass is 32.2. The Balaban J connectivity index is 1.55. The fraction of sp³-hybridized carbons (Fsp3) is 0.385. The first kappa shape index (κ1) is 23.8. The average molecular weight is 509 g/mol. The molecule has 3 aromatic heterocycles. The first-order chi connectivity index (χ1) is 17.1. The van der Waals surface area contributed by atoms with E-state index < -0.39 is 0 Å². The summed E-state index contributed by atoms with van der Waals surface area (Å²) in [7, 11) is 0. The van der Waals surface area contributed by atoms with E-state index in [0.29, 0.717) is 28.5 Å². The Hall–Kier alpha value is -2.91. The third-order valence-corrected chi connectivity index (χ3v) is 8.42. The third-order valence-electron chi connectivity index (χ3n) is 6.37. The summed E-state index contributed by atoms with van der Waals surface area (Å²) in [6.45, 7) is 5.69. The summed E-state index contributed by atoms with van der Waals surface area (Å²) in [5.74, 6) is 1.08. The second-order valence-corrected chi connectivity index (χ2v) is 10.6. The van der Waals surface area contributed by atoms with Gasteiger partial charge in [-0.3, -0.25) is 14.2 Å². The molecule has 1 unspecified atom stereocenters. The molecule has 0 aliphatic carbocycles. The van der Waals surface area contributed by atoms with Gasteiger partial charge in [-0.25, -0.2) is 9.97 Å². The molecule has 7 nitrogen and oxygen atoms in total. The lowest BCUT2D eigenvalue weighted by Gasteiger charge is -2.33. The lowest BCUT2D eigenvalue weighted by atomic mass is 10.0. The van der Waals surface area contributed by atoms with Crippen LogP contribution in [0.3, 0.4) is 0 Å². The van der Waals surface area contributed by atoms with Crippen molar-refractivity contribution in [3.8, 4) is 5.75 Å². The number of carbonyl (C=O) groups is 1. The molecule has 0 radical (unpaired) electrons. The Morgan fingerprint density at radius 3 is 2.91 bits per heavy atom. The number of rotatable bonds is 7. The van der Waals surface area contributed by atoms with Crippen LogP contribution in [0, 0.1) is 0 Å². The highest BCUT2D eigenvalue weighted by Gasteiger charge is 2.24. The molecule has 1 fully saturated rings. The van der Waals surface area contributed by atoms with Crippen molar-refractivity contribution in [2.45, 2.75) is 50.9 Å². The van der Waals surface area contributed by atoms with Crippen molar-refractivity contribution >= 4 is 49.4 Å². The van der Waals surface area contributed by atoms with E-state index in [1.54, 1.807) is 10.8 Å². The number of pyridine rings is 1. The van der Waals surface area contributed by atoms with Crippen molar-refractivity contribution in [2.24, 2.45) is 0 Å². The first-order valence-electron chi connectivity index (χ1n) is 12.0. The molecule has 1 atom stereocenters. The van der Waals surface area contributed by atoms with Crippen LogP contribution in [-0.4, -0.2) is 50.3 Å². The number of fused-ring (bicyclic) bond motifs is 3. The maximum atomic E-state index is 13.7. The maximum absolute atomic E-state index is 13.7. The molecule has 0 N–H and O–H groups in total. The Morgan fingerprint density at radius 2 is 2.09 bits per heavy atom. The highest BCUT2D eigenvalue weighted by Crippen LogP contribution is 2.31. The molecule has 0 spiro atoms. The SMILES string of the molecule is CCOc1ccccc1Cn1c(SCC(=O)N2CCCCC2C)nc2c(sc3ncccc32)c1=O. The molecular formula is C26H28N4O3S2. The minimum Gasteiger partial charge on any atom is -0.494 e. The van der Waals surface area contributed by atoms with Gasteiger partial charge in [-0.1, -0.05) is 30.0 Å². The van der Waals surface area contributed by atoms with E-state index in [1.807, 2.05) is 48.2 Å². The predicted octanol–water partition coefficient (Wildman–Crippen LogP) is 4.95. The molecule has 5 rings (SSSR count). The molecule has 35 heavy (non-hydrogen) atoms. The molecule has 182 valence electrons. The lowest BCUT2D eigenvalue weighted by Crippen LogP contribution is -2.43. The van der Waals surface area contributed by atoms with Gasteiger partial charge in [0.05, 0.1) is 24.4 Å². The van der Waals surface area contributed by atoms with Crippen LogP contribution in [-0.2, 0) is 11.3 Å². The summed E-state index contributed by atoms with van der Waals surface area (Å²) in [4.78, 5) is 38.9. The number of hydrogen-bond donors (Lipinski definition) is 0. The van der Waals surface area contributed by atoms with Crippen molar-refractivity contribution in [3.05, 3.63) is 58.5 Å². The van der Waals surface area contributed by atoms with Gasteiger partial charge >= 0.3 is 0 Å². The van der Waals surface area contributed by atoms with Crippen LogP contribution >= 0.6 is 23.1 Å². The Labute approximate surface area is 212 Å². The number of hydrogen-bond acceptors (Lipinski definition) is 7. The number of thiophene rings is 1. The van der Waals surface area contributed by atoms with E-state index in [2.05, 4.69) is 11.9 Å². The summed E-state index contributed by atoms with van der Waals surface area (Å²) in [5.41, 5.74) is 1.43. The largest absolute Gasteiger partial charge is 0.494 e. The van der Waals surface area contributed by atoms with Crippen molar-refractivity contribution in [1.29, 1.82) is 0 Å². The Morgan fingerprint density at radius 1 is 1.23 bits per heavy atom. The molecule has 0 saturated carbocycles. The molecule has 1 aliphatic rings.